The van der Waals surface area contributed by atoms with Crippen LogP contribution in [0.5, 0.6) is 0 Å². The fraction of sp³-hybridized carbons (Fsp3) is 0.931. The van der Waals surface area contributed by atoms with Gasteiger partial charge in [-0.15, -0.1) is 0 Å². The van der Waals surface area contributed by atoms with Crippen molar-refractivity contribution in [1.29, 1.82) is 0 Å². The van der Waals surface area contributed by atoms with Crippen LogP contribution in [0.4, 0.5) is 0 Å². The minimum atomic E-state index is -4.35. The van der Waals surface area contributed by atoms with Crippen molar-refractivity contribution in [3.63, 3.8) is 0 Å². The highest BCUT2D eigenvalue weighted by Gasteiger charge is 2.25. The summed E-state index contributed by atoms with van der Waals surface area (Å²) < 4.78 is 32.3. The summed E-state index contributed by atoms with van der Waals surface area (Å²) in [6, 6.07) is 0. The van der Waals surface area contributed by atoms with Crippen LogP contribution in [0, 0.1) is 0 Å². The highest BCUT2D eigenvalue weighted by Crippen LogP contribution is 2.43. The Labute approximate surface area is 237 Å². The Morgan fingerprint density at radius 2 is 1.10 bits per heavy atom. The first kappa shape index (κ1) is 38.0. The Morgan fingerprint density at radius 3 is 1.56 bits per heavy atom. The van der Waals surface area contributed by atoms with E-state index in [4.69, 9.17) is 24.3 Å². The molecule has 9 nitrogen and oxygen atoms in total. The van der Waals surface area contributed by atoms with Crippen LogP contribution in [0.25, 0.3) is 0 Å². The molecule has 232 valence electrons. The lowest BCUT2D eigenvalue weighted by Gasteiger charge is -2.19. The van der Waals surface area contributed by atoms with E-state index in [1.807, 2.05) is 0 Å². The lowest BCUT2D eigenvalue weighted by Crippen LogP contribution is -2.29. The Bertz CT molecular complexity index is 634. The molecule has 1 unspecified atom stereocenters. The molecule has 0 aromatic heterocycles. The number of carbonyl (C=O) groups is 2. The van der Waals surface area contributed by atoms with Crippen molar-refractivity contribution in [3.05, 3.63) is 0 Å². The minimum Gasteiger partial charge on any atom is -0.462 e. The number of hydrogen-bond acceptors (Lipinski definition) is 8. The molecule has 0 aliphatic heterocycles. The number of nitrogens with two attached hydrogens (primary N) is 1. The van der Waals surface area contributed by atoms with Crippen LogP contribution in [-0.2, 0) is 32.7 Å². The molecule has 3 N–H and O–H groups in total. The van der Waals surface area contributed by atoms with Gasteiger partial charge in [-0.25, -0.2) is 4.57 Å². The predicted octanol–water partition coefficient (Wildman–Crippen LogP) is 7.38. The molecule has 0 bridgehead atoms. The van der Waals surface area contributed by atoms with Gasteiger partial charge in [-0.3, -0.25) is 18.6 Å². The van der Waals surface area contributed by atoms with Crippen molar-refractivity contribution in [2.45, 2.75) is 148 Å². The molecular formula is C29H58NO8P. The maximum atomic E-state index is 12.4. The molecule has 0 spiro atoms. The van der Waals surface area contributed by atoms with Crippen LogP contribution in [0.1, 0.15) is 142 Å². The van der Waals surface area contributed by atoms with Crippen molar-refractivity contribution < 1.29 is 37.6 Å². The molecule has 0 aliphatic carbocycles. The zero-order valence-corrected chi connectivity index (χ0v) is 25.8. The molecule has 0 amide bonds. The normalized spacial score (nSPS) is 13.6. The molecule has 39 heavy (non-hydrogen) atoms. The topological polar surface area (TPSA) is 134 Å². The third-order valence-corrected chi connectivity index (χ3v) is 7.48. The second kappa shape index (κ2) is 27.2. The first-order valence-electron chi connectivity index (χ1n) is 15.5. The molecular weight excluding hydrogens is 521 g/mol. The highest BCUT2D eigenvalue weighted by molar-refractivity contribution is 7.47. The summed E-state index contributed by atoms with van der Waals surface area (Å²) in [6.45, 7) is 3.61. The van der Waals surface area contributed by atoms with Crippen LogP contribution in [0.2, 0.25) is 0 Å². The van der Waals surface area contributed by atoms with Gasteiger partial charge in [-0.1, -0.05) is 117 Å². The Morgan fingerprint density at radius 1 is 0.667 bits per heavy atom. The molecule has 0 aliphatic rings. The van der Waals surface area contributed by atoms with Crippen LogP contribution < -0.4 is 5.73 Å². The summed E-state index contributed by atoms with van der Waals surface area (Å²) in [4.78, 5) is 34.2. The van der Waals surface area contributed by atoms with Crippen LogP contribution in [-0.4, -0.2) is 49.3 Å². The number of unbranched alkanes of at least 4 members (excludes halogenated alkanes) is 16. The summed E-state index contributed by atoms with van der Waals surface area (Å²) in [6.07, 6.45) is 20.3. The van der Waals surface area contributed by atoms with E-state index in [1.165, 1.54) is 64.2 Å². The summed E-state index contributed by atoms with van der Waals surface area (Å²) in [7, 11) is -4.35. The molecule has 0 saturated heterocycles. The van der Waals surface area contributed by atoms with Crippen molar-refractivity contribution in [2.24, 2.45) is 5.73 Å². The minimum absolute atomic E-state index is 0.0569. The highest BCUT2D eigenvalue weighted by atomic mass is 31.2. The molecule has 10 heteroatoms. The van der Waals surface area contributed by atoms with E-state index in [0.717, 1.165) is 44.9 Å². The first-order chi connectivity index (χ1) is 18.8. The molecule has 0 rings (SSSR count). The van der Waals surface area contributed by atoms with Gasteiger partial charge in [0.05, 0.1) is 13.2 Å². The summed E-state index contributed by atoms with van der Waals surface area (Å²) >= 11 is 0. The standard InChI is InChI=1S/C29H58NO8P/c1-3-5-7-9-10-11-12-13-14-15-16-18-20-22-29(32)38-27(26-37-39(33,34)36-24-23-30)25-35-28(31)21-19-17-8-6-4-2/h27H,3-26,30H2,1-2H3,(H,33,34)/t27-/m1/s1. The quantitative estimate of drug-likeness (QED) is 0.0529. The van der Waals surface area contributed by atoms with Gasteiger partial charge in [0.15, 0.2) is 6.10 Å². The predicted molar refractivity (Wildman–Crippen MR) is 155 cm³/mol. The maximum absolute atomic E-state index is 12.4. The van der Waals surface area contributed by atoms with E-state index in [2.05, 4.69) is 13.8 Å². The van der Waals surface area contributed by atoms with Gasteiger partial charge in [-0.2, -0.15) is 0 Å². The number of hydrogen-bond donors (Lipinski definition) is 2. The lowest BCUT2D eigenvalue weighted by atomic mass is 10.0. The third-order valence-electron chi connectivity index (χ3n) is 6.49. The van der Waals surface area contributed by atoms with Gasteiger partial charge in [0.25, 0.3) is 0 Å². The second-order valence-electron chi connectivity index (χ2n) is 10.3. The van der Waals surface area contributed by atoms with E-state index >= 15 is 0 Å². The number of phosphoric acid groups is 1. The number of esters is 2. The lowest BCUT2D eigenvalue weighted by molar-refractivity contribution is -0.161. The molecule has 0 saturated carbocycles. The van der Waals surface area contributed by atoms with Crippen LogP contribution in [0.15, 0.2) is 0 Å². The summed E-state index contributed by atoms with van der Waals surface area (Å²) in [5.74, 6) is -0.839. The Balaban J connectivity index is 4.23. The van der Waals surface area contributed by atoms with Gasteiger partial charge in [-0.05, 0) is 12.8 Å². The smallest absolute Gasteiger partial charge is 0.462 e. The van der Waals surface area contributed by atoms with E-state index in [-0.39, 0.29) is 32.6 Å². The number of phosphoric ester groups is 1. The third kappa shape index (κ3) is 27.0. The molecule has 0 aromatic carbocycles. The van der Waals surface area contributed by atoms with Gasteiger partial charge < -0.3 is 20.1 Å². The van der Waals surface area contributed by atoms with Gasteiger partial charge in [0.2, 0.25) is 0 Å². The average molecular weight is 580 g/mol. The van der Waals surface area contributed by atoms with E-state index < -0.39 is 32.5 Å². The van der Waals surface area contributed by atoms with E-state index in [9.17, 15) is 19.0 Å². The molecule has 2 atom stereocenters. The zero-order valence-electron chi connectivity index (χ0n) is 24.9. The fourth-order valence-corrected chi connectivity index (χ4v) is 4.93. The van der Waals surface area contributed by atoms with Crippen LogP contribution in [0.3, 0.4) is 0 Å². The Kier molecular flexibility index (Phi) is 26.5. The van der Waals surface area contributed by atoms with Gasteiger partial charge in [0.1, 0.15) is 6.61 Å². The molecule has 0 aromatic rings. The number of rotatable bonds is 29. The summed E-state index contributed by atoms with van der Waals surface area (Å²) in [5.41, 5.74) is 5.29. The number of ether oxygens (including phenoxy) is 2. The summed E-state index contributed by atoms with van der Waals surface area (Å²) in [5, 5.41) is 0. The van der Waals surface area contributed by atoms with Crippen molar-refractivity contribution >= 4 is 19.8 Å². The Hall–Kier alpha value is -0.990. The SMILES string of the molecule is CCCCCCCCCCCCCCCC(=O)O[C@H](COC(=O)CCCCCCC)COP(=O)(O)OCCN. The monoisotopic (exact) mass is 579 g/mol. The zero-order chi connectivity index (χ0) is 29.0. The first-order valence-corrected chi connectivity index (χ1v) is 17.0. The maximum Gasteiger partial charge on any atom is 0.472 e. The van der Waals surface area contributed by atoms with Gasteiger partial charge in [0, 0.05) is 19.4 Å². The van der Waals surface area contributed by atoms with Crippen molar-refractivity contribution in [1.82, 2.24) is 0 Å². The second-order valence-corrected chi connectivity index (χ2v) is 11.8. The van der Waals surface area contributed by atoms with Crippen molar-refractivity contribution in [2.75, 3.05) is 26.4 Å². The van der Waals surface area contributed by atoms with Crippen molar-refractivity contribution in [3.8, 4) is 0 Å². The van der Waals surface area contributed by atoms with Crippen LogP contribution >= 0.6 is 7.82 Å². The molecule has 0 fully saturated rings. The van der Waals surface area contributed by atoms with E-state index in [0.29, 0.717) is 6.42 Å². The fourth-order valence-electron chi connectivity index (χ4n) is 4.16. The average Bonchev–Trinajstić information content (AvgIpc) is 2.91. The van der Waals surface area contributed by atoms with Gasteiger partial charge >= 0.3 is 19.8 Å². The molecule has 0 heterocycles. The molecule has 0 radical (unpaired) electrons. The largest absolute Gasteiger partial charge is 0.472 e. The van der Waals surface area contributed by atoms with E-state index in [1.54, 1.807) is 0 Å². The number of carbonyl (C=O) groups excluding carboxylic acids is 2.